The third-order valence-electron chi connectivity index (χ3n) is 6.97. The number of hydrogen-bond donors (Lipinski definition) is 3. The number of fused-ring (bicyclic) bond motifs is 1. The average Bonchev–Trinajstić information content (AvgIpc) is 3.37. The van der Waals surface area contributed by atoms with Gasteiger partial charge in [-0.25, -0.2) is 18.3 Å². The Hall–Kier alpha value is -4.67. The van der Waals surface area contributed by atoms with E-state index in [4.69, 9.17) is 0 Å². The maximum atomic E-state index is 15.3. The van der Waals surface area contributed by atoms with E-state index in [1.165, 1.54) is 23.0 Å². The molecule has 1 unspecified atom stereocenters. The molecule has 0 radical (unpaired) electrons. The largest absolute Gasteiger partial charge is 0.481 e. The van der Waals surface area contributed by atoms with Gasteiger partial charge >= 0.3 is 5.97 Å². The Morgan fingerprint density at radius 2 is 1.71 bits per heavy atom. The average molecular weight is 578 g/mol. The van der Waals surface area contributed by atoms with Gasteiger partial charge in [-0.2, -0.15) is 5.10 Å². The Bertz CT molecular complexity index is 1640. The molecule has 42 heavy (non-hydrogen) atoms. The molecule has 2 heterocycles. The third kappa shape index (κ3) is 6.62. The highest BCUT2D eigenvalue weighted by molar-refractivity contribution is 6.02. The van der Waals surface area contributed by atoms with Gasteiger partial charge in [-0.15, -0.1) is 0 Å². The van der Waals surface area contributed by atoms with E-state index in [1.54, 1.807) is 12.3 Å². The summed E-state index contributed by atoms with van der Waals surface area (Å²) >= 11 is 0. The lowest BCUT2D eigenvalue weighted by atomic mass is 9.90. The summed E-state index contributed by atoms with van der Waals surface area (Å²) in [6, 6.07) is 6.90. The van der Waals surface area contributed by atoms with Gasteiger partial charge in [0.2, 0.25) is 5.91 Å². The summed E-state index contributed by atoms with van der Waals surface area (Å²) in [6.07, 6.45) is 2.41. The van der Waals surface area contributed by atoms with E-state index in [-0.39, 0.29) is 23.5 Å². The van der Waals surface area contributed by atoms with Gasteiger partial charge in [0.1, 0.15) is 12.4 Å². The van der Waals surface area contributed by atoms with E-state index in [9.17, 15) is 23.9 Å². The van der Waals surface area contributed by atoms with Crippen LogP contribution in [0.25, 0.3) is 16.8 Å². The monoisotopic (exact) mass is 577 g/mol. The van der Waals surface area contributed by atoms with Crippen LogP contribution >= 0.6 is 0 Å². The molecule has 0 saturated heterocycles. The molecule has 2 aromatic heterocycles. The molecule has 0 fully saturated rings. The van der Waals surface area contributed by atoms with Gasteiger partial charge in [-0.1, -0.05) is 31.5 Å². The Morgan fingerprint density at radius 1 is 1.02 bits per heavy atom. The van der Waals surface area contributed by atoms with Crippen molar-refractivity contribution in [2.24, 2.45) is 5.92 Å². The maximum absolute atomic E-state index is 15.3. The summed E-state index contributed by atoms with van der Waals surface area (Å²) in [5.41, 5.74) is 3.90. The number of benzene rings is 2. The molecule has 4 aromatic rings. The SMILES string of the molecule is Cc1cc(C)c(-c2cc(F)c(F)c(C(CC(=O)O)NC(=O)[C@H](CC(C)C)NC(=O)c3cccn4ncnc34)c2)c(C)c1. The normalized spacial score (nSPS) is 12.8. The minimum absolute atomic E-state index is 0.0483. The van der Waals surface area contributed by atoms with Gasteiger partial charge in [-0.3, -0.25) is 14.4 Å². The Labute approximate surface area is 242 Å². The van der Waals surface area contributed by atoms with Gasteiger partial charge in [0, 0.05) is 11.8 Å². The van der Waals surface area contributed by atoms with Crippen LogP contribution in [0.5, 0.6) is 0 Å². The summed E-state index contributed by atoms with van der Waals surface area (Å²) in [7, 11) is 0. The number of nitrogens with zero attached hydrogens (tertiary/aromatic N) is 3. The number of aliphatic carboxylic acids is 1. The second kappa shape index (κ2) is 12.5. The number of carboxylic acids is 1. The molecular weight excluding hydrogens is 544 g/mol. The van der Waals surface area contributed by atoms with Crippen LogP contribution < -0.4 is 10.6 Å². The zero-order valence-corrected chi connectivity index (χ0v) is 24.0. The molecule has 9 nitrogen and oxygen atoms in total. The minimum Gasteiger partial charge on any atom is -0.481 e. The fourth-order valence-corrected chi connectivity index (χ4v) is 5.29. The van der Waals surface area contributed by atoms with Crippen molar-refractivity contribution in [3.63, 3.8) is 0 Å². The summed E-state index contributed by atoms with van der Waals surface area (Å²) < 4.78 is 31.7. The molecule has 4 rings (SSSR count). The predicted molar refractivity (Wildman–Crippen MR) is 153 cm³/mol. The molecule has 0 spiro atoms. The van der Waals surface area contributed by atoms with E-state index in [0.717, 1.165) is 22.8 Å². The number of pyridine rings is 1. The Morgan fingerprint density at radius 3 is 2.36 bits per heavy atom. The number of hydrogen-bond acceptors (Lipinski definition) is 5. The maximum Gasteiger partial charge on any atom is 0.305 e. The highest BCUT2D eigenvalue weighted by Gasteiger charge is 2.30. The van der Waals surface area contributed by atoms with Crippen LogP contribution in [0.15, 0.2) is 48.9 Å². The number of amides is 2. The molecule has 0 aliphatic carbocycles. The Kier molecular flexibility index (Phi) is 8.99. The highest BCUT2D eigenvalue weighted by Crippen LogP contribution is 2.33. The van der Waals surface area contributed by atoms with Gasteiger partial charge in [0.15, 0.2) is 17.3 Å². The van der Waals surface area contributed by atoms with Crippen molar-refractivity contribution in [2.75, 3.05) is 0 Å². The zero-order chi connectivity index (χ0) is 30.7. The molecule has 3 N–H and O–H groups in total. The van der Waals surface area contributed by atoms with E-state index in [2.05, 4.69) is 20.7 Å². The summed E-state index contributed by atoms with van der Waals surface area (Å²) in [5, 5.41) is 18.9. The standard InChI is InChI=1S/C31H33F2N5O4/c1-16(2)9-25(37-30(41)21-7-6-8-38-29(21)34-15-35-38)31(42)36-24(14-26(39)40)22-12-20(13-23(32)28(22)33)27-18(4)10-17(3)11-19(27)5/h6-8,10-13,15-16,24-25H,9,14H2,1-5H3,(H,36,42)(H,37,41)(H,39,40)/t24?,25-/m0/s1. The smallest absolute Gasteiger partial charge is 0.305 e. The van der Waals surface area contributed by atoms with Crippen molar-refractivity contribution in [3.8, 4) is 11.1 Å². The van der Waals surface area contributed by atoms with Crippen molar-refractivity contribution < 1.29 is 28.3 Å². The first-order chi connectivity index (χ1) is 19.8. The van der Waals surface area contributed by atoms with Crippen LogP contribution in [0.3, 0.4) is 0 Å². The molecule has 0 saturated carbocycles. The second-order valence-electron chi connectivity index (χ2n) is 10.9. The van der Waals surface area contributed by atoms with E-state index in [0.29, 0.717) is 16.8 Å². The third-order valence-corrected chi connectivity index (χ3v) is 6.97. The first-order valence-corrected chi connectivity index (χ1v) is 13.5. The van der Waals surface area contributed by atoms with Crippen molar-refractivity contribution in [1.29, 1.82) is 0 Å². The zero-order valence-electron chi connectivity index (χ0n) is 24.0. The molecule has 11 heteroatoms. The number of halogens is 2. The fourth-order valence-electron chi connectivity index (χ4n) is 5.29. The van der Waals surface area contributed by atoms with Gasteiger partial charge in [0.25, 0.3) is 5.91 Å². The molecule has 0 aliphatic heterocycles. The molecule has 2 amide bonds. The fraction of sp³-hybridized carbons (Fsp3) is 0.323. The number of carboxylic acid groups (broad SMARTS) is 1. The molecule has 2 atom stereocenters. The molecule has 0 bridgehead atoms. The summed E-state index contributed by atoms with van der Waals surface area (Å²) in [4.78, 5) is 42.7. The molecule has 2 aromatic carbocycles. The van der Waals surface area contributed by atoms with Crippen molar-refractivity contribution in [2.45, 2.75) is 59.5 Å². The van der Waals surface area contributed by atoms with Crippen LogP contribution in [0.2, 0.25) is 0 Å². The molecule has 0 aliphatic rings. The first kappa shape index (κ1) is 30.3. The van der Waals surface area contributed by atoms with Crippen molar-refractivity contribution in [3.05, 3.63) is 88.4 Å². The summed E-state index contributed by atoms with van der Waals surface area (Å²) in [6.45, 7) is 9.34. The molecular formula is C31H33F2N5O4. The number of carbonyl (C=O) groups excluding carboxylic acids is 2. The number of carbonyl (C=O) groups is 3. The van der Waals surface area contributed by atoms with Crippen molar-refractivity contribution in [1.82, 2.24) is 25.2 Å². The topological polar surface area (TPSA) is 126 Å². The van der Waals surface area contributed by atoms with Crippen LogP contribution in [-0.4, -0.2) is 43.5 Å². The van der Waals surface area contributed by atoms with Crippen LogP contribution in [0, 0.1) is 38.3 Å². The van der Waals surface area contributed by atoms with Crippen LogP contribution in [-0.2, 0) is 9.59 Å². The number of aromatic nitrogens is 3. The van der Waals surface area contributed by atoms with E-state index < -0.39 is 47.9 Å². The van der Waals surface area contributed by atoms with Crippen LogP contribution in [0.4, 0.5) is 8.78 Å². The lowest BCUT2D eigenvalue weighted by molar-refractivity contribution is -0.137. The second-order valence-corrected chi connectivity index (χ2v) is 10.9. The predicted octanol–water partition coefficient (Wildman–Crippen LogP) is 5.08. The number of aryl methyl sites for hydroxylation is 3. The number of nitrogens with one attached hydrogen (secondary N) is 2. The van der Waals surface area contributed by atoms with Gasteiger partial charge in [0.05, 0.1) is 18.0 Å². The molecule has 220 valence electrons. The van der Waals surface area contributed by atoms with Crippen molar-refractivity contribution >= 4 is 23.4 Å². The van der Waals surface area contributed by atoms with Gasteiger partial charge in [-0.05, 0) is 79.6 Å². The first-order valence-electron chi connectivity index (χ1n) is 13.5. The summed E-state index contributed by atoms with van der Waals surface area (Å²) in [5.74, 6) is -5.11. The van der Waals surface area contributed by atoms with Gasteiger partial charge < -0.3 is 15.7 Å². The van der Waals surface area contributed by atoms with E-state index >= 15 is 4.39 Å². The minimum atomic E-state index is -1.41. The van der Waals surface area contributed by atoms with Crippen LogP contribution in [0.1, 0.15) is 65.3 Å². The Balaban J connectivity index is 1.69. The van der Waals surface area contributed by atoms with E-state index in [1.807, 2.05) is 46.8 Å². The highest BCUT2D eigenvalue weighted by atomic mass is 19.2. The quantitative estimate of drug-likeness (QED) is 0.242. The lowest BCUT2D eigenvalue weighted by Gasteiger charge is -2.25. The number of rotatable bonds is 10. The lowest BCUT2D eigenvalue weighted by Crippen LogP contribution is -2.48.